The first-order chi connectivity index (χ1) is 8.76. The lowest BCUT2D eigenvalue weighted by Crippen LogP contribution is -2.18. The van der Waals surface area contributed by atoms with Gasteiger partial charge in [0.2, 0.25) is 0 Å². The van der Waals surface area contributed by atoms with E-state index in [2.05, 4.69) is 27.5 Å². The fraction of sp³-hybridized carbons (Fsp3) is 0.538. The summed E-state index contributed by atoms with van der Waals surface area (Å²) in [6.45, 7) is 2.21. The van der Waals surface area contributed by atoms with Gasteiger partial charge in [-0.2, -0.15) is 0 Å². The van der Waals surface area contributed by atoms with E-state index in [9.17, 15) is 0 Å². The summed E-state index contributed by atoms with van der Waals surface area (Å²) in [5.41, 5.74) is 0.886. The van der Waals surface area contributed by atoms with E-state index in [1.54, 1.807) is 6.20 Å². The first kappa shape index (κ1) is 11.3. The molecule has 1 unspecified atom stereocenters. The predicted octanol–water partition coefficient (Wildman–Crippen LogP) is 2.37. The molecule has 18 heavy (non-hydrogen) atoms. The Balaban J connectivity index is 1.86. The van der Waals surface area contributed by atoms with Gasteiger partial charge in [0.05, 0.1) is 6.20 Å². The zero-order valence-corrected chi connectivity index (χ0v) is 10.8. The number of hydrogen-bond acceptors (Lipinski definition) is 4. The lowest BCUT2D eigenvalue weighted by Gasteiger charge is -2.15. The topological polar surface area (TPSA) is 54.2 Å². The zero-order valence-electron chi connectivity index (χ0n) is 10.8. The van der Waals surface area contributed by atoms with Crippen LogP contribution in [0.3, 0.4) is 0 Å². The van der Waals surface area contributed by atoms with E-state index in [1.165, 1.54) is 19.3 Å². The SMILES string of the molecule is CNc1cn2ccnc2c(NC(C)CC2CC2)n1. The Kier molecular flexibility index (Phi) is 2.81. The number of aromatic nitrogens is 3. The largest absolute Gasteiger partial charge is 0.372 e. The average molecular weight is 245 g/mol. The molecule has 0 radical (unpaired) electrons. The molecule has 0 spiro atoms. The molecular formula is C13H19N5. The molecule has 0 bridgehead atoms. The van der Waals surface area contributed by atoms with Crippen molar-refractivity contribution < 1.29 is 0 Å². The van der Waals surface area contributed by atoms with Gasteiger partial charge in [-0.25, -0.2) is 9.97 Å². The van der Waals surface area contributed by atoms with E-state index in [4.69, 9.17) is 0 Å². The summed E-state index contributed by atoms with van der Waals surface area (Å²) in [5.74, 6) is 2.62. The maximum Gasteiger partial charge on any atom is 0.180 e. The monoisotopic (exact) mass is 245 g/mol. The highest BCUT2D eigenvalue weighted by molar-refractivity contribution is 5.65. The molecule has 1 aliphatic carbocycles. The summed E-state index contributed by atoms with van der Waals surface area (Å²) in [7, 11) is 1.88. The quantitative estimate of drug-likeness (QED) is 0.849. The zero-order chi connectivity index (χ0) is 12.5. The molecule has 2 heterocycles. The van der Waals surface area contributed by atoms with E-state index >= 15 is 0 Å². The second-order valence-electron chi connectivity index (χ2n) is 5.11. The van der Waals surface area contributed by atoms with Crippen LogP contribution in [0.1, 0.15) is 26.2 Å². The van der Waals surface area contributed by atoms with Gasteiger partial charge in [-0.3, -0.25) is 0 Å². The Hall–Kier alpha value is -1.78. The molecule has 0 saturated heterocycles. The number of nitrogens with one attached hydrogen (secondary N) is 2. The smallest absolute Gasteiger partial charge is 0.180 e. The van der Waals surface area contributed by atoms with Crippen LogP contribution in [-0.2, 0) is 0 Å². The Morgan fingerprint density at radius 1 is 1.50 bits per heavy atom. The van der Waals surface area contributed by atoms with Crippen LogP contribution >= 0.6 is 0 Å². The number of anilines is 2. The Labute approximate surface area is 107 Å². The maximum atomic E-state index is 4.55. The first-order valence-electron chi connectivity index (χ1n) is 6.54. The van der Waals surface area contributed by atoms with Gasteiger partial charge in [0.1, 0.15) is 5.82 Å². The first-order valence-corrected chi connectivity index (χ1v) is 6.54. The third kappa shape index (κ3) is 2.25. The van der Waals surface area contributed by atoms with E-state index in [1.807, 2.05) is 23.8 Å². The van der Waals surface area contributed by atoms with Crippen molar-refractivity contribution in [2.24, 2.45) is 5.92 Å². The Morgan fingerprint density at radius 2 is 2.33 bits per heavy atom. The molecule has 96 valence electrons. The molecule has 1 atom stereocenters. The van der Waals surface area contributed by atoms with Gasteiger partial charge >= 0.3 is 0 Å². The van der Waals surface area contributed by atoms with Crippen molar-refractivity contribution in [2.45, 2.75) is 32.2 Å². The average Bonchev–Trinajstić information content (AvgIpc) is 3.03. The molecule has 0 aromatic carbocycles. The summed E-state index contributed by atoms with van der Waals surface area (Å²) in [6.07, 6.45) is 9.67. The summed E-state index contributed by atoms with van der Waals surface area (Å²) in [4.78, 5) is 8.91. The van der Waals surface area contributed by atoms with E-state index < -0.39 is 0 Å². The van der Waals surface area contributed by atoms with Crippen molar-refractivity contribution in [2.75, 3.05) is 17.7 Å². The van der Waals surface area contributed by atoms with Crippen LogP contribution in [0.5, 0.6) is 0 Å². The van der Waals surface area contributed by atoms with Crippen LogP contribution in [0.2, 0.25) is 0 Å². The third-order valence-corrected chi connectivity index (χ3v) is 3.40. The highest BCUT2D eigenvalue weighted by Gasteiger charge is 2.24. The maximum absolute atomic E-state index is 4.55. The van der Waals surface area contributed by atoms with E-state index in [-0.39, 0.29) is 0 Å². The number of nitrogens with zero attached hydrogens (tertiary/aromatic N) is 3. The molecule has 1 saturated carbocycles. The minimum Gasteiger partial charge on any atom is -0.372 e. The summed E-state index contributed by atoms with van der Waals surface area (Å²) in [6, 6.07) is 0.442. The Morgan fingerprint density at radius 3 is 3.06 bits per heavy atom. The van der Waals surface area contributed by atoms with Crippen molar-refractivity contribution in [1.29, 1.82) is 0 Å². The molecule has 3 rings (SSSR count). The number of fused-ring (bicyclic) bond motifs is 1. The second kappa shape index (κ2) is 4.48. The van der Waals surface area contributed by atoms with Gasteiger partial charge in [0.15, 0.2) is 11.5 Å². The lowest BCUT2D eigenvalue weighted by atomic mass is 10.1. The van der Waals surface area contributed by atoms with Crippen LogP contribution in [0, 0.1) is 5.92 Å². The van der Waals surface area contributed by atoms with E-state index in [0.29, 0.717) is 6.04 Å². The molecule has 5 heteroatoms. The summed E-state index contributed by atoms with van der Waals surface area (Å²) >= 11 is 0. The van der Waals surface area contributed by atoms with Crippen molar-refractivity contribution in [3.8, 4) is 0 Å². The van der Waals surface area contributed by atoms with Gasteiger partial charge in [0, 0.05) is 25.5 Å². The van der Waals surface area contributed by atoms with Crippen LogP contribution in [0.25, 0.3) is 5.65 Å². The third-order valence-electron chi connectivity index (χ3n) is 3.40. The van der Waals surface area contributed by atoms with Crippen molar-refractivity contribution in [1.82, 2.24) is 14.4 Å². The van der Waals surface area contributed by atoms with Gasteiger partial charge in [-0.15, -0.1) is 0 Å². The van der Waals surface area contributed by atoms with Crippen LogP contribution in [-0.4, -0.2) is 27.5 Å². The highest BCUT2D eigenvalue weighted by Crippen LogP contribution is 2.34. The summed E-state index contributed by atoms with van der Waals surface area (Å²) in [5, 5.41) is 6.56. The van der Waals surface area contributed by atoms with Crippen molar-refractivity contribution >= 4 is 17.3 Å². The number of rotatable bonds is 5. The van der Waals surface area contributed by atoms with E-state index in [0.717, 1.165) is 23.2 Å². The van der Waals surface area contributed by atoms with Crippen molar-refractivity contribution in [3.05, 3.63) is 18.6 Å². The molecule has 1 aliphatic rings. The normalized spacial score (nSPS) is 16.8. The molecular weight excluding hydrogens is 226 g/mol. The highest BCUT2D eigenvalue weighted by atomic mass is 15.1. The molecule has 2 aromatic heterocycles. The number of hydrogen-bond donors (Lipinski definition) is 2. The van der Waals surface area contributed by atoms with Crippen LogP contribution in [0.4, 0.5) is 11.6 Å². The minimum absolute atomic E-state index is 0.442. The molecule has 2 aromatic rings. The Bertz CT molecular complexity index is 543. The summed E-state index contributed by atoms with van der Waals surface area (Å²) < 4.78 is 1.99. The minimum atomic E-state index is 0.442. The van der Waals surface area contributed by atoms with Crippen LogP contribution in [0.15, 0.2) is 18.6 Å². The second-order valence-corrected chi connectivity index (χ2v) is 5.11. The molecule has 2 N–H and O–H groups in total. The number of imidazole rings is 1. The standard InChI is InChI=1S/C13H19N5/c1-9(7-10-3-4-10)16-12-13-15-5-6-18(13)8-11(14-2)17-12/h5-6,8-10,14H,3-4,7H2,1-2H3,(H,16,17). The van der Waals surface area contributed by atoms with Gasteiger partial charge < -0.3 is 15.0 Å². The van der Waals surface area contributed by atoms with Crippen molar-refractivity contribution in [3.63, 3.8) is 0 Å². The molecule has 5 nitrogen and oxygen atoms in total. The fourth-order valence-corrected chi connectivity index (χ4v) is 2.29. The van der Waals surface area contributed by atoms with Gasteiger partial charge in [-0.05, 0) is 19.3 Å². The lowest BCUT2D eigenvalue weighted by molar-refractivity contribution is 0.640. The molecule has 1 fully saturated rings. The van der Waals surface area contributed by atoms with Gasteiger partial charge in [0.25, 0.3) is 0 Å². The van der Waals surface area contributed by atoms with Gasteiger partial charge in [-0.1, -0.05) is 12.8 Å². The molecule has 0 amide bonds. The van der Waals surface area contributed by atoms with Crippen LogP contribution < -0.4 is 10.6 Å². The predicted molar refractivity (Wildman–Crippen MR) is 73.0 cm³/mol. The molecule has 0 aliphatic heterocycles. The fourth-order valence-electron chi connectivity index (χ4n) is 2.29.